The van der Waals surface area contributed by atoms with E-state index < -0.39 is 0 Å². The summed E-state index contributed by atoms with van der Waals surface area (Å²) in [5, 5.41) is 5.21. The van der Waals surface area contributed by atoms with Crippen molar-refractivity contribution in [1.82, 2.24) is 10.4 Å². The van der Waals surface area contributed by atoms with E-state index in [0.29, 0.717) is 12.2 Å². The van der Waals surface area contributed by atoms with E-state index in [1.165, 1.54) is 0 Å². The number of aromatic amines is 1. The molecule has 5 nitrogen and oxygen atoms in total. The number of carbonyl (C=O) groups is 1. The molecule has 5 heteroatoms. The second-order valence-electron chi connectivity index (χ2n) is 6.71. The topological polar surface area (TPSA) is 66.5 Å². The second-order valence-corrected chi connectivity index (χ2v) is 6.71. The zero-order valence-electron chi connectivity index (χ0n) is 16.1. The summed E-state index contributed by atoms with van der Waals surface area (Å²) in [5.74, 6) is 0.561. The van der Waals surface area contributed by atoms with Gasteiger partial charge >= 0.3 is 0 Å². The Labute approximate surface area is 169 Å². The van der Waals surface area contributed by atoms with Crippen molar-refractivity contribution < 1.29 is 9.53 Å². The lowest BCUT2D eigenvalue weighted by molar-refractivity contribution is 0.0955. The van der Waals surface area contributed by atoms with Crippen LogP contribution in [0.2, 0.25) is 0 Å². The maximum absolute atomic E-state index is 12.3. The maximum Gasteiger partial charge on any atom is 0.271 e. The Morgan fingerprint density at radius 3 is 2.52 bits per heavy atom. The van der Waals surface area contributed by atoms with E-state index in [4.69, 9.17) is 4.74 Å². The van der Waals surface area contributed by atoms with Gasteiger partial charge in [-0.25, -0.2) is 5.43 Å². The Morgan fingerprint density at radius 2 is 1.72 bits per heavy atom. The number of ether oxygens (including phenoxy) is 1. The summed E-state index contributed by atoms with van der Waals surface area (Å²) in [6, 6.07) is 24.9. The maximum atomic E-state index is 12.3. The fraction of sp³-hybridized carbons (Fsp3) is 0.0833. The van der Waals surface area contributed by atoms with Crippen molar-refractivity contribution >= 4 is 23.0 Å². The summed E-state index contributed by atoms with van der Waals surface area (Å²) < 4.78 is 5.72. The van der Waals surface area contributed by atoms with E-state index in [9.17, 15) is 4.79 Å². The Hall–Kier alpha value is -3.86. The van der Waals surface area contributed by atoms with E-state index in [2.05, 4.69) is 15.5 Å². The van der Waals surface area contributed by atoms with E-state index in [0.717, 1.165) is 33.5 Å². The highest BCUT2D eigenvalue weighted by Gasteiger charge is 2.07. The van der Waals surface area contributed by atoms with Crippen molar-refractivity contribution in [3.05, 3.63) is 101 Å². The first kappa shape index (κ1) is 18.5. The third-order valence-corrected chi connectivity index (χ3v) is 4.67. The summed E-state index contributed by atoms with van der Waals surface area (Å²) in [7, 11) is 0. The fourth-order valence-electron chi connectivity index (χ4n) is 3.12. The number of rotatable bonds is 6. The number of aryl methyl sites for hydroxylation is 1. The molecule has 0 unspecified atom stereocenters. The van der Waals surface area contributed by atoms with Gasteiger partial charge in [-0.2, -0.15) is 5.10 Å². The van der Waals surface area contributed by atoms with Gasteiger partial charge in [0, 0.05) is 27.7 Å². The number of fused-ring (bicyclic) bond motifs is 1. The van der Waals surface area contributed by atoms with Crippen molar-refractivity contribution in [3.8, 4) is 5.75 Å². The number of nitrogens with zero attached hydrogens (tertiary/aromatic N) is 1. The molecule has 4 rings (SSSR count). The first-order chi connectivity index (χ1) is 14.2. The highest BCUT2D eigenvalue weighted by atomic mass is 16.5. The van der Waals surface area contributed by atoms with Gasteiger partial charge in [-0.1, -0.05) is 48.5 Å². The first-order valence-corrected chi connectivity index (χ1v) is 9.38. The number of hydrazone groups is 1. The van der Waals surface area contributed by atoms with E-state index >= 15 is 0 Å². The van der Waals surface area contributed by atoms with Crippen molar-refractivity contribution in [1.29, 1.82) is 0 Å². The van der Waals surface area contributed by atoms with Crippen LogP contribution in [0.1, 0.15) is 27.2 Å². The lowest BCUT2D eigenvalue weighted by Crippen LogP contribution is -2.17. The number of carbonyl (C=O) groups excluding carboxylic acids is 1. The minimum absolute atomic E-state index is 0.255. The summed E-state index contributed by atoms with van der Waals surface area (Å²) >= 11 is 0. The lowest BCUT2D eigenvalue weighted by atomic mass is 10.1. The van der Waals surface area contributed by atoms with Crippen LogP contribution in [0.25, 0.3) is 10.9 Å². The number of hydrogen-bond acceptors (Lipinski definition) is 3. The molecule has 0 radical (unpaired) electrons. The third-order valence-electron chi connectivity index (χ3n) is 4.67. The van der Waals surface area contributed by atoms with Gasteiger partial charge in [0.15, 0.2) is 0 Å². The predicted molar refractivity (Wildman–Crippen MR) is 115 cm³/mol. The number of benzene rings is 3. The highest BCUT2D eigenvalue weighted by molar-refractivity contribution is 6.01. The molecule has 0 saturated heterocycles. The molecule has 0 aliphatic rings. The highest BCUT2D eigenvalue weighted by Crippen LogP contribution is 2.19. The summed E-state index contributed by atoms with van der Waals surface area (Å²) in [6.45, 7) is 2.43. The molecule has 3 aromatic carbocycles. The number of nitrogens with one attached hydrogen (secondary N) is 2. The molecule has 2 N–H and O–H groups in total. The van der Waals surface area contributed by atoms with Gasteiger partial charge in [0.25, 0.3) is 5.91 Å². The molecule has 4 aromatic rings. The molecule has 0 bridgehead atoms. The molecular weight excluding hydrogens is 362 g/mol. The van der Waals surface area contributed by atoms with Crippen molar-refractivity contribution in [2.24, 2.45) is 5.10 Å². The summed E-state index contributed by atoms with van der Waals surface area (Å²) in [6.07, 6.45) is 1.67. The summed E-state index contributed by atoms with van der Waals surface area (Å²) in [4.78, 5) is 15.7. The Balaban J connectivity index is 1.37. The average molecular weight is 383 g/mol. The minimum Gasteiger partial charge on any atom is -0.489 e. The third kappa shape index (κ3) is 4.35. The predicted octanol–water partition coefficient (Wildman–Crippen LogP) is 4.82. The van der Waals surface area contributed by atoms with E-state index in [1.54, 1.807) is 18.3 Å². The van der Waals surface area contributed by atoms with Crippen LogP contribution in [-0.2, 0) is 6.61 Å². The van der Waals surface area contributed by atoms with Crippen molar-refractivity contribution in [2.45, 2.75) is 13.5 Å². The number of hydrogen-bond donors (Lipinski definition) is 2. The minimum atomic E-state index is -0.255. The Morgan fingerprint density at radius 1 is 1.00 bits per heavy atom. The molecular formula is C24H21N3O2. The smallest absolute Gasteiger partial charge is 0.271 e. The average Bonchev–Trinajstić information content (AvgIpc) is 3.08. The summed E-state index contributed by atoms with van der Waals surface area (Å²) in [5.41, 5.74) is 7.14. The van der Waals surface area contributed by atoms with Crippen LogP contribution in [0, 0.1) is 6.92 Å². The normalized spacial score (nSPS) is 11.1. The van der Waals surface area contributed by atoms with Crippen LogP contribution >= 0.6 is 0 Å². The van der Waals surface area contributed by atoms with Gasteiger partial charge in [0.05, 0.1) is 6.21 Å². The van der Waals surface area contributed by atoms with Crippen LogP contribution in [0.15, 0.2) is 84.0 Å². The van der Waals surface area contributed by atoms with Crippen LogP contribution in [0.4, 0.5) is 0 Å². The van der Waals surface area contributed by atoms with Gasteiger partial charge in [-0.3, -0.25) is 4.79 Å². The Kier molecular flexibility index (Phi) is 5.38. The molecule has 0 saturated carbocycles. The first-order valence-electron chi connectivity index (χ1n) is 9.38. The quantitative estimate of drug-likeness (QED) is 0.370. The van der Waals surface area contributed by atoms with Crippen molar-refractivity contribution in [3.63, 3.8) is 0 Å². The second kappa shape index (κ2) is 8.44. The Bertz CT molecular complexity index is 1150. The van der Waals surface area contributed by atoms with Gasteiger partial charge in [-0.05, 0) is 42.8 Å². The molecule has 0 spiro atoms. The fourth-order valence-corrected chi connectivity index (χ4v) is 3.12. The molecule has 0 atom stereocenters. The molecule has 0 fully saturated rings. The van der Waals surface area contributed by atoms with Gasteiger partial charge < -0.3 is 9.72 Å². The van der Waals surface area contributed by atoms with Gasteiger partial charge in [0.1, 0.15) is 12.4 Å². The number of amides is 1. The molecule has 1 amide bonds. The molecule has 1 heterocycles. The number of aromatic nitrogens is 1. The number of H-pyrrole nitrogens is 1. The van der Waals surface area contributed by atoms with Crippen LogP contribution in [0.3, 0.4) is 0 Å². The van der Waals surface area contributed by atoms with Gasteiger partial charge in [0.2, 0.25) is 0 Å². The standard InChI is InChI=1S/C24H21N3O2/c1-17-22(21-9-5-6-10-23(21)26-17)15-25-27-24(28)19-13-11-18(12-14-19)16-29-20-7-3-2-4-8-20/h2-15,26H,16H2,1H3,(H,27,28)/b25-15+. The molecule has 0 aliphatic carbocycles. The van der Waals surface area contributed by atoms with Crippen LogP contribution < -0.4 is 10.2 Å². The molecule has 144 valence electrons. The molecule has 0 aliphatic heterocycles. The monoisotopic (exact) mass is 383 g/mol. The zero-order chi connectivity index (χ0) is 20.1. The number of para-hydroxylation sites is 2. The van der Waals surface area contributed by atoms with Crippen LogP contribution in [-0.4, -0.2) is 17.1 Å². The van der Waals surface area contributed by atoms with E-state index in [-0.39, 0.29) is 5.91 Å². The lowest BCUT2D eigenvalue weighted by Gasteiger charge is -2.06. The zero-order valence-corrected chi connectivity index (χ0v) is 16.1. The van der Waals surface area contributed by atoms with E-state index in [1.807, 2.05) is 73.7 Å². The van der Waals surface area contributed by atoms with Crippen LogP contribution in [0.5, 0.6) is 5.75 Å². The molecule has 1 aromatic heterocycles. The van der Waals surface area contributed by atoms with Gasteiger partial charge in [-0.15, -0.1) is 0 Å². The molecule has 29 heavy (non-hydrogen) atoms. The SMILES string of the molecule is Cc1[nH]c2ccccc2c1/C=N/NC(=O)c1ccc(COc2ccccc2)cc1. The largest absolute Gasteiger partial charge is 0.489 e. The van der Waals surface area contributed by atoms with Crippen molar-refractivity contribution in [2.75, 3.05) is 0 Å².